The topological polar surface area (TPSA) is 56.1 Å². The van der Waals surface area contributed by atoms with E-state index in [4.69, 9.17) is 9.84 Å². The second-order valence-electron chi connectivity index (χ2n) is 6.73. The quantitative estimate of drug-likeness (QED) is 0.598. The van der Waals surface area contributed by atoms with E-state index in [1.807, 2.05) is 48.9 Å². The van der Waals surface area contributed by atoms with E-state index in [9.17, 15) is 4.79 Å². The Bertz CT molecular complexity index is 1060. The molecule has 0 bridgehead atoms. The van der Waals surface area contributed by atoms with E-state index in [-0.39, 0.29) is 11.2 Å². The average molecular weight is 458 g/mol. The number of carbonyl (C=O) groups excluding carboxylic acids is 1. The molecule has 0 fully saturated rings. The molecule has 3 aromatic rings. The van der Waals surface area contributed by atoms with Crippen LogP contribution in [0.4, 0.5) is 5.82 Å². The van der Waals surface area contributed by atoms with Crippen molar-refractivity contribution in [3.05, 3.63) is 69.3 Å². The lowest BCUT2D eigenvalue weighted by molar-refractivity contribution is -0.113. The molecule has 0 unspecified atom stereocenters. The highest BCUT2D eigenvalue weighted by molar-refractivity contribution is 9.10. The summed E-state index contributed by atoms with van der Waals surface area (Å²) >= 11 is 5.18. The van der Waals surface area contributed by atoms with Crippen LogP contribution in [0.15, 0.2) is 46.9 Å². The second-order valence-corrected chi connectivity index (χ2v) is 8.68. The first-order chi connectivity index (χ1) is 13.5. The molecule has 0 spiro atoms. The Morgan fingerprint density at radius 3 is 2.79 bits per heavy atom. The third-order valence-corrected chi connectivity index (χ3v) is 6.62. The molecule has 1 aromatic heterocycles. The minimum atomic E-state index is -0.0184. The molecular formula is C21H20BrN3O2S. The third kappa shape index (κ3) is 3.44. The van der Waals surface area contributed by atoms with E-state index in [1.54, 1.807) is 18.9 Å². The number of halogens is 1. The average Bonchev–Trinajstić information content (AvgIpc) is 2.87. The zero-order valence-electron chi connectivity index (χ0n) is 15.8. The lowest BCUT2D eigenvalue weighted by atomic mass is 10.0. The molecule has 0 radical (unpaired) electrons. The van der Waals surface area contributed by atoms with Crippen LogP contribution in [0.1, 0.15) is 27.6 Å². The molecule has 1 aliphatic heterocycles. The van der Waals surface area contributed by atoms with Gasteiger partial charge in [-0.2, -0.15) is 5.10 Å². The van der Waals surface area contributed by atoms with Crippen LogP contribution in [0.2, 0.25) is 0 Å². The number of hydrogen-bond donors (Lipinski definition) is 1. The molecule has 2 aromatic carbocycles. The smallest absolute Gasteiger partial charge is 0.235 e. The van der Waals surface area contributed by atoms with E-state index >= 15 is 0 Å². The largest absolute Gasteiger partial charge is 0.496 e. The van der Waals surface area contributed by atoms with Gasteiger partial charge in [-0.15, -0.1) is 11.8 Å². The number of hydrogen-bond acceptors (Lipinski definition) is 4. The lowest BCUT2D eigenvalue weighted by Gasteiger charge is -2.16. The highest BCUT2D eigenvalue weighted by Crippen LogP contribution is 2.45. The third-order valence-electron chi connectivity index (χ3n) is 4.73. The fourth-order valence-electron chi connectivity index (χ4n) is 3.44. The van der Waals surface area contributed by atoms with Gasteiger partial charge in [-0.3, -0.25) is 4.79 Å². The minimum absolute atomic E-state index is 0.00489. The summed E-state index contributed by atoms with van der Waals surface area (Å²) in [6.07, 6.45) is 0. The number of anilines is 1. The van der Waals surface area contributed by atoms with E-state index in [0.717, 1.165) is 44.1 Å². The maximum atomic E-state index is 12.4. The Hall–Kier alpha value is -2.25. The van der Waals surface area contributed by atoms with Crippen molar-refractivity contribution in [1.82, 2.24) is 9.78 Å². The van der Waals surface area contributed by atoms with Crippen LogP contribution in [0.5, 0.6) is 5.75 Å². The molecule has 1 aliphatic rings. The summed E-state index contributed by atoms with van der Waals surface area (Å²) in [7, 11) is 1.65. The second kappa shape index (κ2) is 7.64. The summed E-state index contributed by atoms with van der Waals surface area (Å²) in [4.78, 5) is 12.4. The number of thioether (sulfide) groups is 1. The molecule has 0 saturated heterocycles. The van der Waals surface area contributed by atoms with Crippen molar-refractivity contribution in [2.45, 2.75) is 19.1 Å². The Kier molecular flexibility index (Phi) is 5.21. The van der Waals surface area contributed by atoms with Crippen molar-refractivity contribution >= 4 is 39.4 Å². The van der Waals surface area contributed by atoms with Gasteiger partial charge in [0.2, 0.25) is 5.91 Å². The van der Waals surface area contributed by atoms with Gasteiger partial charge in [-0.1, -0.05) is 18.2 Å². The standard InChI is InChI=1S/C21H20BrN3O2S/c1-12-5-4-6-15(9-12)25-21-19(13(2)24-25)20(28-11-18(26)23-21)14-7-8-17(27-3)16(22)10-14/h4-10,20H,11H2,1-3H3,(H,23,26)/t20-/m1/s1. The maximum absolute atomic E-state index is 12.4. The number of methoxy groups -OCH3 is 1. The minimum Gasteiger partial charge on any atom is -0.496 e. The number of aromatic nitrogens is 2. The van der Waals surface area contributed by atoms with Crippen LogP contribution in [-0.2, 0) is 4.79 Å². The lowest BCUT2D eigenvalue weighted by Crippen LogP contribution is -2.15. The maximum Gasteiger partial charge on any atom is 0.235 e. The summed E-state index contributed by atoms with van der Waals surface area (Å²) in [6, 6.07) is 14.2. The molecule has 0 saturated carbocycles. The molecule has 28 heavy (non-hydrogen) atoms. The molecular weight excluding hydrogens is 438 g/mol. The predicted octanol–water partition coefficient (Wildman–Crippen LogP) is 5.03. The van der Waals surface area contributed by atoms with Crippen LogP contribution in [0.3, 0.4) is 0 Å². The number of rotatable bonds is 3. The van der Waals surface area contributed by atoms with Crippen LogP contribution in [0, 0.1) is 13.8 Å². The molecule has 4 rings (SSSR count). The van der Waals surface area contributed by atoms with Crippen molar-refractivity contribution < 1.29 is 9.53 Å². The Balaban J connectivity index is 1.87. The normalized spacial score (nSPS) is 16.3. The number of nitrogens with one attached hydrogen (secondary N) is 1. The number of ether oxygens (including phenoxy) is 1. The molecule has 144 valence electrons. The van der Waals surface area contributed by atoms with Gasteiger partial charge in [-0.05, 0) is 65.2 Å². The summed E-state index contributed by atoms with van der Waals surface area (Å²) < 4.78 is 8.09. The van der Waals surface area contributed by atoms with Crippen molar-refractivity contribution in [2.24, 2.45) is 0 Å². The van der Waals surface area contributed by atoms with Gasteiger partial charge in [0, 0.05) is 5.56 Å². The molecule has 7 heteroatoms. The van der Waals surface area contributed by atoms with Gasteiger partial charge in [-0.25, -0.2) is 4.68 Å². The van der Waals surface area contributed by atoms with Crippen molar-refractivity contribution in [2.75, 3.05) is 18.2 Å². The van der Waals surface area contributed by atoms with Crippen molar-refractivity contribution in [3.63, 3.8) is 0 Å². The first-order valence-electron chi connectivity index (χ1n) is 8.89. The van der Waals surface area contributed by atoms with Gasteiger partial charge >= 0.3 is 0 Å². The van der Waals surface area contributed by atoms with Gasteiger partial charge < -0.3 is 10.1 Å². The summed E-state index contributed by atoms with van der Waals surface area (Å²) in [5.41, 5.74) is 5.12. The van der Waals surface area contributed by atoms with Gasteiger partial charge in [0.05, 0.1) is 34.0 Å². The Morgan fingerprint density at radius 1 is 1.25 bits per heavy atom. The SMILES string of the molecule is COc1ccc([C@H]2SCC(=O)Nc3c2c(C)nn3-c2cccc(C)c2)cc1Br. The molecule has 0 aliphatic carbocycles. The molecule has 1 atom stereocenters. The summed E-state index contributed by atoms with van der Waals surface area (Å²) in [5.74, 6) is 1.89. The first-order valence-corrected chi connectivity index (χ1v) is 10.7. The number of nitrogens with zero attached hydrogens (tertiary/aromatic N) is 2. The van der Waals surface area contributed by atoms with E-state index in [2.05, 4.69) is 33.4 Å². The molecule has 1 amide bonds. The molecule has 1 N–H and O–H groups in total. The summed E-state index contributed by atoms with van der Waals surface area (Å²) in [6.45, 7) is 4.04. The van der Waals surface area contributed by atoms with E-state index in [1.165, 1.54) is 0 Å². The zero-order chi connectivity index (χ0) is 19.8. The summed E-state index contributed by atoms with van der Waals surface area (Å²) in [5, 5.41) is 7.83. The van der Waals surface area contributed by atoms with E-state index in [0.29, 0.717) is 5.75 Å². The van der Waals surface area contributed by atoms with Gasteiger partial charge in [0.1, 0.15) is 11.6 Å². The molecule has 2 heterocycles. The Morgan fingerprint density at radius 2 is 2.07 bits per heavy atom. The van der Waals surface area contributed by atoms with Crippen LogP contribution in [0.25, 0.3) is 5.69 Å². The number of carbonyl (C=O) groups is 1. The number of amides is 1. The van der Waals surface area contributed by atoms with Gasteiger partial charge in [0.25, 0.3) is 0 Å². The van der Waals surface area contributed by atoms with Crippen molar-refractivity contribution in [1.29, 1.82) is 0 Å². The molecule has 5 nitrogen and oxygen atoms in total. The van der Waals surface area contributed by atoms with Crippen LogP contribution >= 0.6 is 27.7 Å². The first kappa shape index (κ1) is 19.1. The fourth-order valence-corrected chi connectivity index (χ4v) is 5.18. The van der Waals surface area contributed by atoms with Crippen molar-refractivity contribution in [3.8, 4) is 11.4 Å². The Labute approximate surface area is 176 Å². The number of benzene rings is 2. The number of fused-ring (bicyclic) bond motifs is 1. The highest BCUT2D eigenvalue weighted by atomic mass is 79.9. The number of aryl methyl sites for hydroxylation is 2. The zero-order valence-corrected chi connectivity index (χ0v) is 18.2. The monoisotopic (exact) mass is 457 g/mol. The van der Waals surface area contributed by atoms with Crippen LogP contribution in [-0.4, -0.2) is 28.6 Å². The van der Waals surface area contributed by atoms with Crippen LogP contribution < -0.4 is 10.1 Å². The van der Waals surface area contributed by atoms with Gasteiger partial charge in [0.15, 0.2) is 0 Å². The fraction of sp³-hybridized carbons (Fsp3) is 0.238. The predicted molar refractivity (Wildman–Crippen MR) is 117 cm³/mol. The van der Waals surface area contributed by atoms with E-state index < -0.39 is 0 Å². The highest BCUT2D eigenvalue weighted by Gasteiger charge is 2.30.